The zero-order chi connectivity index (χ0) is 15.0. The van der Waals surface area contributed by atoms with Crippen LogP contribution in [-0.4, -0.2) is 31.4 Å². The van der Waals surface area contributed by atoms with Crippen LogP contribution in [0.3, 0.4) is 0 Å². The molecule has 0 saturated heterocycles. The lowest BCUT2D eigenvalue weighted by molar-refractivity contribution is -0.123. The fraction of sp³-hybridized carbons (Fsp3) is 0.533. The van der Waals surface area contributed by atoms with Crippen molar-refractivity contribution in [1.29, 1.82) is 0 Å². The minimum Gasteiger partial charge on any atom is -0.497 e. The van der Waals surface area contributed by atoms with Gasteiger partial charge in [0.1, 0.15) is 5.75 Å². The molecule has 1 atom stereocenters. The number of benzene rings is 1. The zero-order valence-corrected chi connectivity index (χ0v) is 13.3. The molecule has 0 aliphatic carbocycles. The van der Waals surface area contributed by atoms with E-state index in [2.05, 4.69) is 17.4 Å². The number of likely N-dealkylation sites (N-methyl/N-ethyl adjacent to an activating group) is 1. The Morgan fingerprint density at radius 2 is 2.00 bits per heavy atom. The summed E-state index contributed by atoms with van der Waals surface area (Å²) in [6.45, 7) is 1.85. The monoisotopic (exact) mass is 296 g/mol. The highest BCUT2D eigenvalue weighted by molar-refractivity contribution is 7.99. The topological polar surface area (TPSA) is 64.3 Å². The number of carbonyl (C=O) groups is 1. The molecule has 0 heterocycles. The van der Waals surface area contributed by atoms with Crippen LogP contribution < -0.4 is 15.8 Å². The number of rotatable bonds is 9. The molecule has 1 aromatic carbocycles. The molecule has 112 valence electrons. The second-order valence-electron chi connectivity index (χ2n) is 4.93. The van der Waals surface area contributed by atoms with Gasteiger partial charge in [-0.25, -0.2) is 0 Å². The molecule has 0 spiro atoms. The van der Waals surface area contributed by atoms with Gasteiger partial charge < -0.3 is 15.8 Å². The van der Waals surface area contributed by atoms with Gasteiger partial charge in [-0.1, -0.05) is 6.42 Å². The lowest BCUT2D eigenvalue weighted by Gasteiger charge is -2.25. The smallest absolute Gasteiger partial charge is 0.237 e. The van der Waals surface area contributed by atoms with Crippen molar-refractivity contribution in [2.45, 2.75) is 36.6 Å². The minimum atomic E-state index is -0.592. The Kier molecular flexibility index (Phi) is 6.88. The Bertz CT molecular complexity index is 422. The van der Waals surface area contributed by atoms with Gasteiger partial charge in [0.25, 0.3) is 0 Å². The minimum absolute atomic E-state index is 0.289. The zero-order valence-electron chi connectivity index (χ0n) is 12.4. The number of methoxy groups -OCH3 is 1. The van der Waals surface area contributed by atoms with Crippen LogP contribution in [0.25, 0.3) is 0 Å². The molecule has 0 bridgehead atoms. The Balaban J connectivity index is 2.26. The van der Waals surface area contributed by atoms with Crippen LogP contribution in [0, 0.1) is 0 Å². The number of unbranched alkanes of at least 4 members (excludes halogenated alkanes) is 1. The summed E-state index contributed by atoms with van der Waals surface area (Å²) in [6, 6.07) is 8.05. The van der Waals surface area contributed by atoms with Crippen molar-refractivity contribution in [3.63, 3.8) is 0 Å². The predicted octanol–water partition coefficient (Wildman–Crippen LogP) is 2.42. The highest BCUT2D eigenvalue weighted by Crippen LogP contribution is 2.23. The van der Waals surface area contributed by atoms with Gasteiger partial charge in [0.2, 0.25) is 5.91 Å². The molecule has 5 heteroatoms. The summed E-state index contributed by atoms with van der Waals surface area (Å²) < 4.78 is 5.12. The fourth-order valence-corrected chi connectivity index (χ4v) is 2.73. The molecule has 0 radical (unpaired) electrons. The number of carbonyl (C=O) groups excluding carboxylic acids is 1. The molecule has 0 saturated carbocycles. The van der Waals surface area contributed by atoms with Gasteiger partial charge in [-0.2, -0.15) is 0 Å². The first-order chi connectivity index (χ1) is 9.51. The standard InChI is InChI=1S/C15H24N2O2S/c1-15(17-2,14(16)18)10-4-5-11-20-13-8-6-12(19-3)7-9-13/h6-9,17H,4-5,10-11H2,1-3H3,(H2,16,18). The first-order valence-corrected chi connectivity index (χ1v) is 7.76. The van der Waals surface area contributed by atoms with E-state index in [1.54, 1.807) is 14.2 Å². The van der Waals surface area contributed by atoms with Crippen LogP contribution in [0.2, 0.25) is 0 Å². The first kappa shape index (κ1) is 16.9. The Hall–Kier alpha value is -1.20. The van der Waals surface area contributed by atoms with Crippen molar-refractivity contribution in [1.82, 2.24) is 5.32 Å². The maximum atomic E-state index is 11.3. The maximum Gasteiger partial charge on any atom is 0.237 e. The third-order valence-electron chi connectivity index (χ3n) is 3.49. The molecule has 1 amide bonds. The largest absolute Gasteiger partial charge is 0.497 e. The molecular formula is C15H24N2O2S. The quantitative estimate of drug-likeness (QED) is 0.542. The molecule has 4 nitrogen and oxygen atoms in total. The van der Waals surface area contributed by atoms with Crippen LogP contribution >= 0.6 is 11.8 Å². The highest BCUT2D eigenvalue weighted by atomic mass is 32.2. The van der Waals surface area contributed by atoms with Crippen LogP contribution in [0.1, 0.15) is 26.2 Å². The lowest BCUT2D eigenvalue weighted by atomic mass is 9.94. The van der Waals surface area contributed by atoms with Gasteiger partial charge in [-0.3, -0.25) is 4.79 Å². The van der Waals surface area contributed by atoms with E-state index in [-0.39, 0.29) is 5.91 Å². The number of thioether (sulfide) groups is 1. The third-order valence-corrected chi connectivity index (χ3v) is 4.59. The average Bonchev–Trinajstić information content (AvgIpc) is 2.47. The second kappa shape index (κ2) is 8.17. The van der Waals surface area contributed by atoms with E-state index >= 15 is 0 Å². The second-order valence-corrected chi connectivity index (χ2v) is 6.10. The summed E-state index contributed by atoms with van der Waals surface area (Å²) in [5.41, 5.74) is 4.80. The SMILES string of the molecule is CNC(C)(CCCCSc1ccc(OC)cc1)C(N)=O. The molecule has 1 rings (SSSR count). The van der Waals surface area contributed by atoms with Gasteiger partial charge in [0.15, 0.2) is 0 Å². The summed E-state index contributed by atoms with van der Waals surface area (Å²) >= 11 is 1.81. The molecule has 0 aliphatic heterocycles. The van der Waals surface area contributed by atoms with Crippen LogP contribution in [0.5, 0.6) is 5.75 Å². The van der Waals surface area contributed by atoms with E-state index in [9.17, 15) is 4.79 Å². The number of hydrogen-bond donors (Lipinski definition) is 2. The molecule has 0 fully saturated rings. The summed E-state index contributed by atoms with van der Waals surface area (Å²) in [4.78, 5) is 12.6. The van der Waals surface area contributed by atoms with E-state index in [1.807, 2.05) is 30.8 Å². The predicted molar refractivity (Wildman–Crippen MR) is 84.2 cm³/mol. The molecule has 3 N–H and O–H groups in total. The summed E-state index contributed by atoms with van der Waals surface area (Å²) in [5, 5.41) is 3.00. The van der Waals surface area contributed by atoms with E-state index in [4.69, 9.17) is 10.5 Å². The van der Waals surface area contributed by atoms with E-state index in [0.29, 0.717) is 0 Å². The van der Waals surface area contributed by atoms with Gasteiger partial charge in [0.05, 0.1) is 12.6 Å². The third kappa shape index (κ3) is 5.06. The number of hydrogen-bond acceptors (Lipinski definition) is 4. The van der Waals surface area contributed by atoms with Crippen LogP contribution in [-0.2, 0) is 4.79 Å². The number of amides is 1. The van der Waals surface area contributed by atoms with E-state index in [1.165, 1.54) is 4.90 Å². The number of primary amides is 1. The Morgan fingerprint density at radius 1 is 1.35 bits per heavy atom. The molecule has 1 aromatic rings. The van der Waals surface area contributed by atoms with Crippen molar-refractivity contribution in [2.75, 3.05) is 19.9 Å². The molecule has 1 unspecified atom stereocenters. The van der Waals surface area contributed by atoms with Crippen molar-refractivity contribution in [3.8, 4) is 5.75 Å². The number of nitrogens with two attached hydrogens (primary N) is 1. The van der Waals surface area contributed by atoms with Crippen molar-refractivity contribution in [3.05, 3.63) is 24.3 Å². The first-order valence-electron chi connectivity index (χ1n) is 6.77. The molecule has 0 aromatic heterocycles. The van der Waals surface area contributed by atoms with Crippen LogP contribution in [0.4, 0.5) is 0 Å². The number of ether oxygens (including phenoxy) is 1. The summed E-state index contributed by atoms with van der Waals surface area (Å²) in [5.74, 6) is 1.62. The molecule has 0 aliphatic rings. The van der Waals surface area contributed by atoms with Gasteiger partial charge in [-0.05, 0) is 56.8 Å². The van der Waals surface area contributed by atoms with Crippen molar-refractivity contribution in [2.24, 2.45) is 5.73 Å². The normalized spacial score (nSPS) is 13.8. The molecule has 20 heavy (non-hydrogen) atoms. The van der Waals surface area contributed by atoms with Gasteiger partial charge >= 0.3 is 0 Å². The van der Waals surface area contributed by atoms with E-state index in [0.717, 1.165) is 30.8 Å². The Morgan fingerprint density at radius 3 is 2.50 bits per heavy atom. The average molecular weight is 296 g/mol. The van der Waals surface area contributed by atoms with E-state index < -0.39 is 5.54 Å². The fourth-order valence-electron chi connectivity index (χ4n) is 1.81. The van der Waals surface area contributed by atoms with Crippen LogP contribution in [0.15, 0.2) is 29.2 Å². The maximum absolute atomic E-state index is 11.3. The summed E-state index contributed by atoms with van der Waals surface area (Å²) in [7, 11) is 3.44. The van der Waals surface area contributed by atoms with Crippen molar-refractivity contribution >= 4 is 17.7 Å². The Labute approximate surface area is 125 Å². The summed E-state index contributed by atoms with van der Waals surface area (Å²) in [6.07, 6.45) is 2.80. The lowest BCUT2D eigenvalue weighted by Crippen LogP contribution is -2.51. The van der Waals surface area contributed by atoms with Gasteiger partial charge in [-0.15, -0.1) is 11.8 Å². The van der Waals surface area contributed by atoms with Gasteiger partial charge in [0, 0.05) is 4.90 Å². The number of nitrogens with one attached hydrogen (secondary N) is 1. The molecular weight excluding hydrogens is 272 g/mol. The van der Waals surface area contributed by atoms with Crippen molar-refractivity contribution < 1.29 is 9.53 Å². The highest BCUT2D eigenvalue weighted by Gasteiger charge is 2.27.